The van der Waals surface area contributed by atoms with Crippen LogP contribution in [0.15, 0.2) is 18.7 Å². The summed E-state index contributed by atoms with van der Waals surface area (Å²) in [5.41, 5.74) is -0.548. The van der Waals surface area contributed by atoms with Crippen LogP contribution in [0.25, 0.3) is 0 Å². The number of benzene rings is 1. The average molecular weight is 363 g/mol. The van der Waals surface area contributed by atoms with Crippen molar-refractivity contribution < 1.29 is 4.92 Å². The number of hydrogen-bond acceptors (Lipinski definition) is 3. The van der Waals surface area contributed by atoms with E-state index in [1.807, 2.05) is 0 Å². The highest BCUT2D eigenvalue weighted by molar-refractivity contribution is 6.56. The van der Waals surface area contributed by atoms with Crippen LogP contribution >= 0.6 is 58.0 Å². The molecule has 0 aliphatic carbocycles. The molecule has 0 saturated heterocycles. The van der Waals surface area contributed by atoms with Gasteiger partial charge in [0.25, 0.3) is 0 Å². The van der Waals surface area contributed by atoms with Crippen molar-refractivity contribution in [2.24, 2.45) is 0 Å². The fourth-order valence-electron chi connectivity index (χ4n) is 0.969. The summed E-state index contributed by atoms with van der Waals surface area (Å²) < 4.78 is 0. The van der Waals surface area contributed by atoms with Crippen molar-refractivity contribution in [3.63, 3.8) is 0 Å². The Hall–Kier alpha value is -0.720. The quantitative estimate of drug-likeness (QED) is 0.325. The molecule has 0 bridgehead atoms. The van der Waals surface area contributed by atoms with Gasteiger partial charge in [0.1, 0.15) is 10.0 Å². The average Bonchev–Trinajstić information content (AvgIpc) is 2.93. The highest BCUT2D eigenvalue weighted by atomic mass is 35.5. The molecule has 1 aromatic heterocycles. The second-order valence-corrected chi connectivity index (χ2v) is 4.83. The van der Waals surface area contributed by atoms with Gasteiger partial charge in [0.2, 0.25) is 0 Å². The molecule has 0 spiro atoms. The van der Waals surface area contributed by atoms with Gasteiger partial charge in [-0.1, -0.05) is 58.0 Å². The molecule has 0 unspecified atom stereocenters. The first-order valence-corrected chi connectivity index (χ1v) is 6.35. The molecule has 0 atom stereocenters. The minimum Gasteiger partial charge on any atom is -0.351 e. The third kappa shape index (κ3) is 3.87. The van der Waals surface area contributed by atoms with Gasteiger partial charge in [0.15, 0.2) is 0 Å². The highest BCUT2D eigenvalue weighted by Crippen LogP contribution is 2.47. The van der Waals surface area contributed by atoms with Crippen molar-refractivity contribution in [2.75, 3.05) is 0 Å². The monoisotopic (exact) mass is 361 g/mol. The lowest BCUT2D eigenvalue weighted by Gasteiger charge is -2.05. The topological polar surface area (TPSA) is 71.8 Å². The predicted molar refractivity (Wildman–Crippen MR) is 76.7 cm³/mol. The van der Waals surface area contributed by atoms with Gasteiger partial charge in [-0.25, -0.2) is 4.98 Å². The van der Waals surface area contributed by atoms with Crippen molar-refractivity contribution in [2.45, 2.75) is 0 Å². The van der Waals surface area contributed by atoms with Crippen LogP contribution in [0.2, 0.25) is 25.1 Å². The number of rotatable bonds is 1. The lowest BCUT2D eigenvalue weighted by molar-refractivity contribution is -0.384. The molecule has 1 heterocycles. The van der Waals surface area contributed by atoms with Gasteiger partial charge in [-0.15, -0.1) is 0 Å². The van der Waals surface area contributed by atoms with Gasteiger partial charge in [0, 0.05) is 12.4 Å². The molecule has 0 fully saturated rings. The van der Waals surface area contributed by atoms with Crippen LogP contribution in [0.5, 0.6) is 0 Å². The van der Waals surface area contributed by atoms with E-state index >= 15 is 0 Å². The molecule has 10 heteroatoms. The van der Waals surface area contributed by atoms with E-state index in [0.717, 1.165) is 0 Å². The van der Waals surface area contributed by atoms with Crippen molar-refractivity contribution >= 4 is 63.7 Å². The number of imidazole rings is 1. The van der Waals surface area contributed by atoms with Gasteiger partial charge in [0.05, 0.1) is 26.3 Å². The number of hydrogen-bond donors (Lipinski definition) is 1. The van der Waals surface area contributed by atoms with Crippen LogP contribution in [-0.4, -0.2) is 14.9 Å². The maximum absolute atomic E-state index is 10.5. The first-order valence-electron chi connectivity index (χ1n) is 4.46. The number of halogens is 5. The van der Waals surface area contributed by atoms with E-state index in [4.69, 9.17) is 58.0 Å². The Morgan fingerprint density at radius 2 is 1.47 bits per heavy atom. The van der Waals surface area contributed by atoms with Crippen molar-refractivity contribution in [3.8, 4) is 0 Å². The summed E-state index contributed by atoms with van der Waals surface area (Å²) in [6, 6.07) is 0. The van der Waals surface area contributed by atoms with Crippen LogP contribution in [0.1, 0.15) is 0 Å². The molecule has 0 aliphatic rings. The molecule has 0 saturated carbocycles. The molecular weight excluding hydrogens is 359 g/mol. The molecule has 0 amide bonds. The van der Waals surface area contributed by atoms with Crippen LogP contribution < -0.4 is 0 Å². The summed E-state index contributed by atoms with van der Waals surface area (Å²) in [5.74, 6) is 0. The summed E-state index contributed by atoms with van der Waals surface area (Å²) in [4.78, 5) is 16.2. The first-order chi connectivity index (χ1) is 8.87. The Balaban J connectivity index is 0.000000300. The summed E-state index contributed by atoms with van der Waals surface area (Å²) >= 11 is 27.9. The standard InChI is InChI=1S/C6Cl5NO2.C3H4N2/c7-1-2(8)4(10)6(12(13)14)5(11)3(1)9;1-2-5-3-4-1/h;1-3H,(H,4,5). The molecule has 5 nitrogen and oxygen atoms in total. The van der Waals surface area contributed by atoms with Crippen LogP contribution in [0.3, 0.4) is 0 Å². The third-order valence-corrected chi connectivity index (χ3v) is 4.03. The third-order valence-electron chi connectivity index (χ3n) is 1.78. The minimum absolute atomic E-state index is 0.103. The predicted octanol–water partition coefficient (Wildman–Crippen LogP) is 5.27. The maximum Gasteiger partial charge on any atom is 0.309 e. The maximum atomic E-state index is 10.5. The van der Waals surface area contributed by atoms with E-state index in [1.54, 1.807) is 18.7 Å². The summed E-state index contributed by atoms with van der Waals surface area (Å²) in [7, 11) is 0. The second-order valence-electron chi connectivity index (χ2n) is 2.94. The van der Waals surface area contributed by atoms with Gasteiger partial charge < -0.3 is 4.98 Å². The number of nitrogens with zero attached hydrogens (tertiary/aromatic N) is 2. The zero-order valence-corrected chi connectivity index (χ0v) is 12.6. The van der Waals surface area contributed by atoms with Crippen molar-refractivity contribution in [3.05, 3.63) is 53.9 Å². The number of nitrogens with one attached hydrogen (secondary N) is 1. The zero-order valence-electron chi connectivity index (χ0n) is 8.83. The summed E-state index contributed by atoms with van der Waals surface area (Å²) in [6.45, 7) is 0. The SMILES string of the molecule is O=[N+]([O-])c1c(Cl)c(Cl)c(Cl)c(Cl)c1Cl.c1c[nH]cn1. The first kappa shape index (κ1) is 16.3. The molecule has 19 heavy (non-hydrogen) atoms. The van der Waals surface area contributed by atoms with Crippen LogP contribution in [0.4, 0.5) is 5.69 Å². The van der Waals surface area contributed by atoms with Gasteiger partial charge in [-0.05, 0) is 0 Å². The molecule has 2 aromatic rings. The summed E-state index contributed by atoms with van der Waals surface area (Å²) in [6.07, 6.45) is 5.08. The molecule has 102 valence electrons. The van der Waals surface area contributed by atoms with E-state index in [-0.39, 0.29) is 25.1 Å². The van der Waals surface area contributed by atoms with E-state index in [2.05, 4.69) is 9.97 Å². The lowest BCUT2D eigenvalue weighted by atomic mass is 10.3. The number of aromatic nitrogens is 2. The normalized spacial score (nSPS) is 9.74. The lowest BCUT2D eigenvalue weighted by Crippen LogP contribution is -1.92. The number of H-pyrrole nitrogens is 1. The smallest absolute Gasteiger partial charge is 0.309 e. The number of nitro groups is 1. The van der Waals surface area contributed by atoms with Crippen molar-refractivity contribution in [1.82, 2.24) is 9.97 Å². The summed E-state index contributed by atoms with van der Waals surface area (Å²) in [5, 5.41) is 9.41. The molecule has 1 aromatic carbocycles. The van der Waals surface area contributed by atoms with E-state index in [0.29, 0.717) is 0 Å². The van der Waals surface area contributed by atoms with Crippen LogP contribution in [0, 0.1) is 10.1 Å². The highest BCUT2D eigenvalue weighted by Gasteiger charge is 2.27. The second kappa shape index (κ2) is 7.17. The zero-order chi connectivity index (χ0) is 14.6. The van der Waals surface area contributed by atoms with Gasteiger partial charge in [-0.3, -0.25) is 10.1 Å². The number of aromatic amines is 1. The Labute approximate surface area is 132 Å². The van der Waals surface area contributed by atoms with E-state index in [9.17, 15) is 10.1 Å². The molecule has 0 aliphatic heterocycles. The largest absolute Gasteiger partial charge is 0.351 e. The van der Waals surface area contributed by atoms with Gasteiger partial charge in [-0.2, -0.15) is 0 Å². The molecule has 0 radical (unpaired) electrons. The van der Waals surface area contributed by atoms with Crippen molar-refractivity contribution in [1.29, 1.82) is 0 Å². The molecule has 2 rings (SSSR count). The fourth-order valence-corrected chi connectivity index (χ4v) is 2.24. The Bertz CT molecular complexity index is 542. The Morgan fingerprint density at radius 3 is 1.74 bits per heavy atom. The Morgan fingerprint density at radius 1 is 1.00 bits per heavy atom. The number of nitro benzene ring substituents is 1. The van der Waals surface area contributed by atoms with E-state index < -0.39 is 10.6 Å². The molecular formula is C9H4Cl5N3O2. The minimum atomic E-state index is -0.779. The van der Waals surface area contributed by atoms with E-state index in [1.165, 1.54) is 0 Å². The van der Waals surface area contributed by atoms with Crippen LogP contribution in [-0.2, 0) is 0 Å². The molecule has 1 N–H and O–H groups in total. The van der Waals surface area contributed by atoms with Gasteiger partial charge >= 0.3 is 5.69 Å². The fraction of sp³-hybridized carbons (Fsp3) is 0. The Kier molecular flexibility index (Phi) is 6.16.